The third-order valence-electron chi connectivity index (χ3n) is 5.33. The molecular weight excluding hydrogens is 546 g/mol. The van der Waals surface area contributed by atoms with Crippen molar-refractivity contribution in [2.24, 2.45) is 5.16 Å². The molecule has 5 rings (SSSR count). The average molecular weight is 563 g/mol. The summed E-state index contributed by atoms with van der Waals surface area (Å²) in [4.78, 5) is 17.5. The number of hydrogen-bond donors (Lipinski definition) is 0. The molecule has 0 saturated heterocycles. The number of ether oxygens (including phenoxy) is 1. The molecule has 0 N–H and O–H groups in total. The van der Waals surface area contributed by atoms with Crippen molar-refractivity contribution in [2.75, 3.05) is 0 Å². The van der Waals surface area contributed by atoms with Crippen LogP contribution in [0.25, 0.3) is 16.8 Å². The van der Waals surface area contributed by atoms with E-state index in [9.17, 15) is 4.79 Å². The summed E-state index contributed by atoms with van der Waals surface area (Å²) >= 11 is 7.15. The van der Waals surface area contributed by atoms with Gasteiger partial charge in [0.1, 0.15) is 18.1 Å². The number of carbonyl (C=O) groups is 1. The molecule has 1 aliphatic heterocycles. The standard InChI is InChI=1S/C27H17Br2NO3/c28-21-13-20(14-23-25(30-33-27(23)31)18-8-2-1-3-9-18)26(24(29)15-21)32-16-19-11-6-10-17-7-4-5-12-22(17)19/h1-15H,16H2/b23-14-. The van der Waals surface area contributed by atoms with Crippen LogP contribution >= 0.6 is 31.9 Å². The van der Waals surface area contributed by atoms with E-state index in [0.29, 0.717) is 23.6 Å². The Labute approximate surface area is 207 Å². The minimum Gasteiger partial charge on any atom is -0.487 e. The van der Waals surface area contributed by atoms with E-state index < -0.39 is 5.97 Å². The number of nitrogens with zero attached hydrogens (tertiary/aromatic N) is 1. The van der Waals surface area contributed by atoms with E-state index in [1.54, 1.807) is 6.08 Å². The highest BCUT2D eigenvalue weighted by Crippen LogP contribution is 2.36. The molecule has 0 atom stereocenters. The number of halogens is 2. The minimum absolute atomic E-state index is 0.376. The second-order valence-electron chi connectivity index (χ2n) is 7.48. The third kappa shape index (κ3) is 4.49. The lowest BCUT2D eigenvalue weighted by Gasteiger charge is -2.14. The third-order valence-corrected chi connectivity index (χ3v) is 6.38. The fraction of sp³-hybridized carbons (Fsp3) is 0.0370. The van der Waals surface area contributed by atoms with Gasteiger partial charge in [-0.15, -0.1) is 0 Å². The van der Waals surface area contributed by atoms with Crippen molar-refractivity contribution >= 4 is 60.4 Å². The first-order valence-electron chi connectivity index (χ1n) is 10.3. The molecule has 0 aromatic heterocycles. The predicted molar refractivity (Wildman–Crippen MR) is 137 cm³/mol. The van der Waals surface area contributed by atoms with Crippen LogP contribution in [-0.4, -0.2) is 11.7 Å². The molecule has 4 nitrogen and oxygen atoms in total. The molecule has 0 saturated carbocycles. The van der Waals surface area contributed by atoms with E-state index >= 15 is 0 Å². The monoisotopic (exact) mass is 561 g/mol. The lowest BCUT2D eigenvalue weighted by atomic mass is 10.0. The number of benzene rings is 4. The molecule has 33 heavy (non-hydrogen) atoms. The van der Waals surface area contributed by atoms with Gasteiger partial charge in [0.15, 0.2) is 0 Å². The molecular formula is C27H17Br2NO3. The SMILES string of the molecule is O=C1ON=C(c2ccccc2)/C1=C/c1cc(Br)cc(Br)c1OCc1cccc2ccccc12. The largest absolute Gasteiger partial charge is 0.487 e. The van der Waals surface area contributed by atoms with Gasteiger partial charge in [0.25, 0.3) is 0 Å². The highest BCUT2D eigenvalue weighted by atomic mass is 79.9. The second-order valence-corrected chi connectivity index (χ2v) is 9.25. The van der Waals surface area contributed by atoms with E-state index in [0.717, 1.165) is 36.4 Å². The summed E-state index contributed by atoms with van der Waals surface area (Å²) in [6.45, 7) is 0.377. The zero-order chi connectivity index (χ0) is 22.8. The van der Waals surface area contributed by atoms with Crippen molar-refractivity contribution in [2.45, 2.75) is 6.61 Å². The van der Waals surface area contributed by atoms with Crippen LogP contribution in [-0.2, 0) is 16.2 Å². The fourth-order valence-electron chi connectivity index (χ4n) is 3.78. The van der Waals surface area contributed by atoms with Crippen molar-refractivity contribution in [1.82, 2.24) is 0 Å². The summed E-state index contributed by atoms with van der Waals surface area (Å²) in [7, 11) is 0. The van der Waals surface area contributed by atoms with Crippen LogP contribution in [0.1, 0.15) is 16.7 Å². The van der Waals surface area contributed by atoms with Gasteiger partial charge < -0.3 is 9.57 Å². The maximum atomic E-state index is 12.5. The first-order chi connectivity index (χ1) is 16.1. The van der Waals surface area contributed by atoms with Gasteiger partial charge in [0.2, 0.25) is 0 Å². The Morgan fingerprint density at radius 2 is 1.67 bits per heavy atom. The Hall–Kier alpha value is -3.22. The quantitative estimate of drug-likeness (QED) is 0.189. The molecule has 4 aromatic rings. The smallest absolute Gasteiger partial charge is 0.368 e. The lowest BCUT2D eigenvalue weighted by molar-refractivity contribution is -0.136. The first kappa shape index (κ1) is 21.6. The molecule has 4 aromatic carbocycles. The number of hydrogen-bond acceptors (Lipinski definition) is 4. The average Bonchev–Trinajstić information content (AvgIpc) is 3.19. The molecule has 0 aliphatic carbocycles. The second kappa shape index (κ2) is 9.33. The minimum atomic E-state index is -0.495. The van der Waals surface area contributed by atoms with Crippen molar-refractivity contribution in [3.63, 3.8) is 0 Å². The van der Waals surface area contributed by atoms with Gasteiger partial charge in [-0.2, -0.15) is 0 Å². The van der Waals surface area contributed by atoms with Crippen molar-refractivity contribution in [1.29, 1.82) is 0 Å². The van der Waals surface area contributed by atoms with Crippen LogP contribution in [0.5, 0.6) is 5.75 Å². The molecule has 0 amide bonds. The number of fused-ring (bicyclic) bond motifs is 1. The highest BCUT2D eigenvalue weighted by molar-refractivity contribution is 9.11. The summed E-state index contributed by atoms with van der Waals surface area (Å²) in [5.41, 5.74) is 3.49. The van der Waals surface area contributed by atoms with Crippen molar-refractivity contribution in [3.8, 4) is 5.75 Å². The van der Waals surface area contributed by atoms with Crippen LogP contribution in [0.2, 0.25) is 0 Å². The number of carbonyl (C=O) groups excluding carboxylic acids is 1. The molecule has 0 bridgehead atoms. The van der Waals surface area contributed by atoms with Crippen molar-refractivity contribution in [3.05, 3.63) is 116 Å². The Morgan fingerprint density at radius 1 is 0.909 bits per heavy atom. The summed E-state index contributed by atoms with van der Waals surface area (Å²) in [6.07, 6.45) is 1.76. The Bertz CT molecular complexity index is 1420. The number of rotatable bonds is 5. The Balaban J connectivity index is 1.53. The highest BCUT2D eigenvalue weighted by Gasteiger charge is 2.27. The number of oxime groups is 1. The van der Waals surface area contributed by atoms with Gasteiger partial charge in [-0.05, 0) is 50.5 Å². The van der Waals surface area contributed by atoms with E-state index in [1.807, 2.05) is 60.7 Å². The molecule has 1 heterocycles. The van der Waals surface area contributed by atoms with Gasteiger partial charge in [-0.3, -0.25) is 0 Å². The van der Waals surface area contributed by atoms with E-state index in [1.165, 1.54) is 0 Å². The van der Waals surface area contributed by atoms with Crippen LogP contribution < -0.4 is 4.74 Å². The van der Waals surface area contributed by atoms with E-state index in [2.05, 4.69) is 61.3 Å². The van der Waals surface area contributed by atoms with Gasteiger partial charge in [0, 0.05) is 15.6 Å². The summed E-state index contributed by atoms with van der Waals surface area (Å²) < 4.78 is 7.92. The summed E-state index contributed by atoms with van der Waals surface area (Å²) in [6, 6.07) is 27.7. The zero-order valence-electron chi connectivity index (χ0n) is 17.3. The van der Waals surface area contributed by atoms with Crippen LogP contribution in [0.15, 0.2) is 105 Å². The van der Waals surface area contributed by atoms with E-state index in [-0.39, 0.29) is 0 Å². The molecule has 0 unspecified atom stereocenters. The first-order valence-corrected chi connectivity index (χ1v) is 11.8. The van der Waals surface area contributed by atoms with Crippen LogP contribution in [0, 0.1) is 0 Å². The maximum Gasteiger partial charge on any atom is 0.368 e. The molecule has 1 aliphatic rings. The van der Waals surface area contributed by atoms with Crippen molar-refractivity contribution < 1.29 is 14.4 Å². The molecule has 162 valence electrons. The summed E-state index contributed by atoms with van der Waals surface area (Å²) in [5.74, 6) is 0.135. The lowest BCUT2D eigenvalue weighted by Crippen LogP contribution is -2.07. The van der Waals surface area contributed by atoms with Gasteiger partial charge in [0.05, 0.1) is 10.0 Å². The molecule has 0 fully saturated rings. The predicted octanol–water partition coefficient (Wildman–Crippen LogP) is 7.29. The van der Waals surface area contributed by atoms with E-state index in [4.69, 9.17) is 9.57 Å². The summed E-state index contributed by atoms with van der Waals surface area (Å²) in [5, 5.41) is 6.31. The molecule has 0 spiro atoms. The Kier molecular flexibility index (Phi) is 6.11. The Morgan fingerprint density at radius 3 is 2.52 bits per heavy atom. The van der Waals surface area contributed by atoms with Crippen LogP contribution in [0.3, 0.4) is 0 Å². The zero-order valence-corrected chi connectivity index (χ0v) is 20.5. The van der Waals surface area contributed by atoms with Gasteiger partial charge in [-0.1, -0.05) is 93.9 Å². The maximum absolute atomic E-state index is 12.5. The van der Waals surface area contributed by atoms with Gasteiger partial charge in [-0.25, -0.2) is 4.79 Å². The topological polar surface area (TPSA) is 47.9 Å². The normalized spacial score (nSPS) is 14.4. The fourth-order valence-corrected chi connectivity index (χ4v) is 5.15. The van der Waals surface area contributed by atoms with Gasteiger partial charge >= 0.3 is 5.97 Å². The van der Waals surface area contributed by atoms with Crippen LogP contribution in [0.4, 0.5) is 0 Å². The molecule has 0 radical (unpaired) electrons. The molecule has 6 heteroatoms.